The van der Waals surface area contributed by atoms with E-state index >= 15 is 0 Å². The van der Waals surface area contributed by atoms with Crippen molar-refractivity contribution >= 4 is 11.6 Å². The third kappa shape index (κ3) is 4.55. The third-order valence-corrected chi connectivity index (χ3v) is 4.35. The molecule has 0 aromatic heterocycles. The van der Waals surface area contributed by atoms with Crippen LogP contribution in [0.5, 0.6) is 0 Å². The summed E-state index contributed by atoms with van der Waals surface area (Å²) in [4.78, 5) is 14.3. The average molecular weight is 304 g/mol. The number of benzene rings is 1. The van der Waals surface area contributed by atoms with Gasteiger partial charge in [0.1, 0.15) is 0 Å². The van der Waals surface area contributed by atoms with Crippen LogP contribution in [0.4, 0.5) is 5.69 Å². The minimum atomic E-state index is 0.0367. The van der Waals surface area contributed by atoms with Gasteiger partial charge in [0, 0.05) is 24.7 Å². The van der Waals surface area contributed by atoms with Gasteiger partial charge in [-0.1, -0.05) is 32.9 Å². The molecule has 1 heterocycles. The highest BCUT2D eigenvalue weighted by Gasteiger charge is 2.23. The molecule has 1 amide bonds. The molecule has 1 aliphatic rings. The molecule has 4 heteroatoms. The highest BCUT2D eigenvalue weighted by molar-refractivity contribution is 5.90. The predicted molar refractivity (Wildman–Crippen MR) is 90.1 cm³/mol. The number of anilines is 1. The molecule has 1 atom stereocenters. The van der Waals surface area contributed by atoms with Crippen LogP contribution in [0.25, 0.3) is 0 Å². The minimum Gasteiger partial charge on any atom is -0.395 e. The highest BCUT2D eigenvalue weighted by atomic mass is 16.3. The lowest BCUT2D eigenvalue weighted by Gasteiger charge is -2.22. The van der Waals surface area contributed by atoms with Crippen molar-refractivity contribution < 1.29 is 9.90 Å². The Hall–Kier alpha value is -1.39. The summed E-state index contributed by atoms with van der Waals surface area (Å²) < 4.78 is 0. The van der Waals surface area contributed by atoms with E-state index in [1.807, 2.05) is 18.2 Å². The number of aliphatic hydroxyl groups excluding tert-OH is 1. The van der Waals surface area contributed by atoms with Crippen molar-refractivity contribution in [2.24, 2.45) is 0 Å². The Bertz CT molecular complexity index is 508. The van der Waals surface area contributed by atoms with Crippen molar-refractivity contribution in [1.29, 1.82) is 0 Å². The molecule has 1 unspecified atom stereocenters. The topological polar surface area (TPSA) is 52.6 Å². The number of hydrogen-bond acceptors (Lipinski definition) is 3. The van der Waals surface area contributed by atoms with E-state index in [4.69, 9.17) is 0 Å². The smallest absolute Gasteiger partial charge is 0.225 e. The number of carbonyl (C=O) groups is 1. The lowest BCUT2D eigenvalue weighted by Crippen LogP contribution is -2.34. The monoisotopic (exact) mass is 304 g/mol. The Morgan fingerprint density at radius 3 is 2.86 bits per heavy atom. The minimum absolute atomic E-state index is 0.0367. The first-order valence-corrected chi connectivity index (χ1v) is 8.15. The predicted octanol–water partition coefficient (Wildman–Crippen LogP) is 2.77. The quantitative estimate of drug-likeness (QED) is 0.879. The molecule has 0 aliphatic carbocycles. The lowest BCUT2D eigenvalue weighted by atomic mass is 9.87. The summed E-state index contributed by atoms with van der Waals surface area (Å²) in [5.74, 6) is 0.0367. The van der Waals surface area contributed by atoms with Gasteiger partial charge in [-0.05, 0) is 42.5 Å². The van der Waals surface area contributed by atoms with Crippen LogP contribution in [0.15, 0.2) is 24.3 Å². The van der Waals surface area contributed by atoms with Crippen LogP contribution in [0.2, 0.25) is 0 Å². The fraction of sp³-hybridized carbons (Fsp3) is 0.611. The molecule has 1 fully saturated rings. The third-order valence-electron chi connectivity index (χ3n) is 4.35. The number of likely N-dealkylation sites (tertiary alicyclic amines) is 1. The molecule has 22 heavy (non-hydrogen) atoms. The van der Waals surface area contributed by atoms with Gasteiger partial charge >= 0.3 is 0 Å². The molecule has 0 spiro atoms. The maximum atomic E-state index is 12.1. The van der Waals surface area contributed by atoms with Gasteiger partial charge in [0.2, 0.25) is 5.91 Å². The summed E-state index contributed by atoms with van der Waals surface area (Å²) >= 11 is 0. The zero-order valence-electron chi connectivity index (χ0n) is 13.9. The van der Waals surface area contributed by atoms with Crippen molar-refractivity contribution in [3.8, 4) is 0 Å². The van der Waals surface area contributed by atoms with Crippen LogP contribution in [-0.4, -0.2) is 41.7 Å². The number of amides is 1. The van der Waals surface area contributed by atoms with Crippen LogP contribution in [0, 0.1) is 0 Å². The van der Waals surface area contributed by atoms with Crippen molar-refractivity contribution in [1.82, 2.24) is 4.90 Å². The summed E-state index contributed by atoms with van der Waals surface area (Å²) in [5.41, 5.74) is 2.15. The Morgan fingerprint density at radius 2 is 2.18 bits per heavy atom. The second-order valence-corrected chi connectivity index (χ2v) is 7.14. The Morgan fingerprint density at radius 1 is 1.41 bits per heavy atom. The molecule has 1 aliphatic heterocycles. The van der Waals surface area contributed by atoms with Gasteiger partial charge in [0.15, 0.2) is 0 Å². The van der Waals surface area contributed by atoms with E-state index in [2.05, 4.69) is 37.1 Å². The average Bonchev–Trinajstić information content (AvgIpc) is 2.92. The molecule has 1 aromatic carbocycles. The summed E-state index contributed by atoms with van der Waals surface area (Å²) in [6.45, 7) is 8.38. The second kappa shape index (κ2) is 7.25. The number of carbonyl (C=O) groups excluding carboxylic acids is 1. The van der Waals surface area contributed by atoms with E-state index in [0.29, 0.717) is 6.42 Å². The van der Waals surface area contributed by atoms with Crippen LogP contribution >= 0.6 is 0 Å². The number of nitrogens with zero attached hydrogens (tertiary/aromatic N) is 1. The number of hydrogen-bond donors (Lipinski definition) is 2. The van der Waals surface area contributed by atoms with Gasteiger partial charge in [-0.2, -0.15) is 0 Å². The summed E-state index contributed by atoms with van der Waals surface area (Å²) in [6, 6.07) is 8.28. The Kier molecular flexibility index (Phi) is 5.59. The van der Waals surface area contributed by atoms with Crippen LogP contribution < -0.4 is 5.32 Å². The summed E-state index contributed by atoms with van der Waals surface area (Å²) in [7, 11) is 0. The van der Waals surface area contributed by atoms with E-state index in [1.54, 1.807) is 0 Å². The first-order valence-electron chi connectivity index (χ1n) is 8.15. The summed E-state index contributed by atoms with van der Waals surface area (Å²) in [5, 5.41) is 12.3. The molecule has 2 N–H and O–H groups in total. The fourth-order valence-corrected chi connectivity index (χ4v) is 2.93. The zero-order valence-corrected chi connectivity index (χ0v) is 13.9. The van der Waals surface area contributed by atoms with Gasteiger partial charge in [-0.3, -0.25) is 9.69 Å². The standard InChI is InChI=1S/C18H28N2O2/c1-18(2,3)14-6-4-7-15(12-14)19-17(22)9-11-20-10-5-8-16(20)13-21/h4,6-7,12,16,21H,5,8-11,13H2,1-3H3,(H,19,22). The van der Waals surface area contributed by atoms with Gasteiger partial charge in [0.25, 0.3) is 0 Å². The molecular weight excluding hydrogens is 276 g/mol. The van der Waals surface area contributed by atoms with Crippen LogP contribution in [0.3, 0.4) is 0 Å². The second-order valence-electron chi connectivity index (χ2n) is 7.14. The molecule has 1 aromatic rings. The molecule has 4 nitrogen and oxygen atoms in total. The normalized spacial score (nSPS) is 19.4. The van der Waals surface area contributed by atoms with E-state index < -0.39 is 0 Å². The SMILES string of the molecule is CC(C)(C)c1cccc(NC(=O)CCN2CCCC2CO)c1. The number of nitrogens with one attached hydrogen (secondary N) is 1. The van der Waals surface area contributed by atoms with Crippen molar-refractivity contribution in [2.75, 3.05) is 25.0 Å². The first-order chi connectivity index (χ1) is 10.4. The summed E-state index contributed by atoms with van der Waals surface area (Å²) in [6.07, 6.45) is 2.61. The maximum Gasteiger partial charge on any atom is 0.225 e. The lowest BCUT2D eigenvalue weighted by molar-refractivity contribution is -0.116. The molecule has 0 radical (unpaired) electrons. The van der Waals surface area contributed by atoms with E-state index in [1.165, 1.54) is 5.56 Å². The van der Waals surface area contributed by atoms with Crippen molar-refractivity contribution in [2.45, 2.75) is 51.5 Å². The fourth-order valence-electron chi connectivity index (χ4n) is 2.93. The van der Waals surface area contributed by atoms with Crippen LogP contribution in [-0.2, 0) is 10.2 Å². The molecular formula is C18H28N2O2. The van der Waals surface area contributed by atoms with E-state index in [9.17, 15) is 9.90 Å². The molecule has 1 saturated heterocycles. The zero-order chi connectivity index (χ0) is 16.2. The van der Waals surface area contributed by atoms with Gasteiger partial charge < -0.3 is 10.4 Å². The largest absolute Gasteiger partial charge is 0.395 e. The molecule has 122 valence electrons. The Labute approximate surface area is 133 Å². The van der Waals surface area contributed by atoms with Gasteiger partial charge in [0.05, 0.1) is 6.61 Å². The van der Waals surface area contributed by atoms with E-state index in [0.717, 1.165) is 31.6 Å². The maximum absolute atomic E-state index is 12.1. The molecule has 0 bridgehead atoms. The molecule has 0 saturated carbocycles. The highest BCUT2D eigenvalue weighted by Crippen LogP contribution is 2.24. The van der Waals surface area contributed by atoms with Crippen molar-refractivity contribution in [3.63, 3.8) is 0 Å². The number of aliphatic hydroxyl groups is 1. The number of rotatable bonds is 5. The van der Waals surface area contributed by atoms with E-state index in [-0.39, 0.29) is 24.0 Å². The van der Waals surface area contributed by atoms with Gasteiger partial charge in [-0.25, -0.2) is 0 Å². The van der Waals surface area contributed by atoms with Gasteiger partial charge in [-0.15, -0.1) is 0 Å². The van der Waals surface area contributed by atoms with Crippen molar-refractivity contribution in [3.05, 3.63) is 29.8 Å². The molecule has 2 rings (SSSR count). The Balaban J connectivity index is 1.87. The van der Waals surface area contributed by atoms with Crippen LogP contribution in [0.1, 0.15) is 45.6 Å². The first kappa shape index (κ1) is 17.0.